The largest absolute Gasteiger partial charge is 0.174 e. The molecule has 0 aromatic heterocycles. The lowest BCUT2D eigenvalue weighted by Crippen LogP contribution is -1.92. The summed E-state index contributed by atoms with van der Waals surface area (Å²) in [6.07, 6.45) is 0. The molecule has 0 aliphatic heterocycles. The van der Waals surface area contributed by atoms with Crippen molar-refractivity contribution in [3.05, 3.63) is 31.2 Å². The molecule has 0 bridgehead atoms. The topological polar surface area (TPSA) is 0 Å². The van der Waals surface area contributed by atoms with Gasteiger partial charge in [0.25, 0.3) is 0 Å². The first-order valence-electron chi connectivity index (χ1n) is 3.60. The molecule has 14 heavy (non-hydrogen) atoms. The average Bonchev–Trinajstić information content (AvgIpc) is 2.16. The van der Waals surface area contributed by atoms with Crippen molar-refractivity contribution < 1.29 is 0 Å². The van der Waals surface area contributed by atoms with Crippen LogP contribution in [0.15, 0.2) is 0 Å². The summed E-state index contributed by atoms with van der Waals surface area (Å²) in [5.74, 6) is 0.824. The minimum Gasteiger partial charge on any atom is -0.174 e. The fraction of sp³-hybridized carbons (Fsp3) is 0.250. The van der Waals surface area contributed by atoms with Crippen molar-refractivity contribution >= 4 is 71.7 Å². The summed E-state index contributed by atoms with van der Waals surface area (Å²) in [5, 5.41) is 1.53. The van der Waals surface area contributed by atoms with Crippen LogP contribution < -0.4 is 0 Å². The molecular formula is C8H6Cl4S2. The maximum atomic E-state index is 6.07. The molecule has 0 nitrogen and oxygen atoms in total. The van der Waals surface area contributed by atoms with Gasteiger partial charge in [0.05, 0.1) is 20.1 Å². The van der Waals surface area contributed by atoms with Crippen LogP contribution in [0.1, 0.15) is 11.1 Å². The van der Waals surface area contributed by atoms with Crippen molar-refractivity contribution in [1.82, 2.24) is 0 Å². The molecule has 78 valence electrons. The third kappa shape index (κ3) is 2.26. The summed E-state index contributed by atoms with van der Waals surface area (Å²) in [4.78, 5) is 0. The van der Waals surface area contributed by atoms with Crippen LogP contribution in [-0.4, -0.2) is 0 Å². The zero-order valence-electron chi connectivity index (χ0n) is 6.82. The van der Waals surface area contributed by atoms with Crippen LogP contribution in [0.3, 0.4) is 0 Å². The smallest absolute Gasteiger partial charge is 0.0785 e. The molecule has 1 rings (SSSR count). The Morgan fingerprint density at radius 1 is 0.643 bits per heavy atom. The highest BCUT2D eigenvalue weighted by Gasteiger charge is 2.18. The van der Waals surface area contributed by atoms with E-state index in [1.54, 1.807) is 0 Å². The minimum atomic E-state index is 0.311. The van der Waals surface area contributed by atoms with Crippen molar-refractivity contribution in [1.29, 1.82) is 0 Å². The second-order valence-corrected chi connectivity index (χ2v) is 4.67. The minimum absolute atomic E-state index is 0.311. The Morgan fingerprint density at radius 2 is 1.00 bits per heavy atom. The third-order valence-corrected chi connectivity index (χ3v) is 4.26. The van der Waals surface area contributed by atoms with Gasteiger partial charge in [-0.05, 0) is 0 Å². The molecule has 0 unspecified atom stereocenters. The Hall–Kier alpha value is 1.08. The van der Waals surface area contributed by atoms with Gasteiger partial charge in [0, 0.05) is 22.6 Å². The number of hydrogen-bond acceptors (Lipinski definition) is 2. The van der Waals surface area contributed by atoms with E-state index in [2.05, 4.69) is 25.3 Å². The van der Waals surface area contributed by atoms with Gasteiger partial charge in [-0.3, -0.25) is 0 Å². The molecule has 0 spiro atoms. The van der Waals surface area contributed by atoms with Gasteiger partial charge in [0.2, 0.25) is 0 Å². The van der Waals surface area contributed by atoms with Gasteiger partial charge in [-0.25, -0.2) is 0 Å². The van der Waals surface area contributed by atoms with Gasteiger partial charge in [0.1, 0.15) is 0 Å². The molecule has 1 aromatic rings. The first kappa shape index (κ1) is 13.1. The molecule has 0 saturated carbocycles. The summed E-state index contributed by atoms with van der Waals surface area (Å²) in [6.45, 7) is 0. The zero-order valence-corrected chi connectivity index (χ0v) is 11.6. The monoisotopic (exact) mass is 306 g/mol. The number of benzene rings is 1. The highest BCUT2D eigenvalue weighted by Crippen LogP contribution is 2.42. The lowest BCUT2D eigenvalue weighted by Gasteiger charge is -2.12. The van der Waals surface area contributed by atoms with Crippen LogP contribution in [0.4, 0.5) is 0 Å². The van der Waals surface area contributed by atoms with E-state index in [0.717, 1.165) is 0 Å². The molecule has 0 aliphatic carbocycles. The molecule has 0 fully saturated rings. The molecule has 0 saturated heterocycles. The van der Waals surface area contributed by atoms with E-state index in [1.807, 2.05) is 0 Å². The van der Waals surface area contributed by atoms with Crippen LogP contribution in [0, 0.1) is 0 Å². The van der Waals surface area contributed by atoms with Crippen molar-refractivity contribution in [2.24, 2.45) is 0 Å². The Balaban J connectivity index is 3.56. The van der Waals surface area contributed by atoms with Gasteiger partial charge >= 0.3 is 0 Å². The van der Waals surface area contributed by atoms with Crippen LogP contribution in [0.25, 0.3) is 0 Å². The van der Waals surface area contributed by atoms with E-state index in [1.165, 1.54) is 0 Å². The van der Waals surface area contributed by atoms with E-state index in [9.17, 15) is 0 Å². The quantitative estimate of drug-likeness (QED) is 0.421. The van der Waals surface area contributed by atoms with Crippen LogP contribution in [0.2, 0.25) is 20.1 Å². The second-order valence-electron chi connectivity index (χ2n) is 2.53. The van der Waals surface area contributed by atoms with Gasteiger partial charge in [-0.15, -0.1) is 0 Å². The maximum Gasteiger partial charge on any atom is 0.0785 e. The number of thiol groups is 2. The Bertz CT molecular complexity index is 334. The summed E-state index contributed by atoms with van der Waals surface area (Å²) >= 11 is 32.2. The lowest BCUT2D eigenvalue weighted by molar-refractivity contribution is 1.34. The van der Waals surface area contributed by atoms with Gasteiger partial charge in [0.15, 0.2) is 0 Å². The first-order chi connectivity index (χ1) is 6.54. The first-order valence-corrected chi connectivity index (χ1v) is 6.37. The SMILES string of the molecule is SCc1c(Cl)c(Cl)c(Cl)c(CS)c1Cl. The van der Waals surface area contributed by atoms with E-state index in [-0.39, 0.29) is 0 Å². The predicted molar refractivity (Wildman–Crippen MR) is 71.9 cm³/mol. The van der Waals surface area contributed by atoms with Crippen LogP contribution in [-0.2, 0) is 11.5 Å². The fourth-order valence-corrected chi connectivity index (χ4v) is 3.23. The van der Waals surface area contributed by atoms with Gasteiger partial charge in [-0.2, -0.15) is 25.3 Å². The highest BCUT2D eigenvalue weighted by atomic mass is 35.5. The standard InChI is InChI=1S/C8H6Cl4S2/c9-5-3(1-13)6(10)8(12)7(11)4(5)2-14/h13-14H,1-2H2. The average molecular weight is 308 g/mol. The summed E-state index contributed by atoms with van der Waals surface area (Å²) in [5.41, 5.74) is 1.38. The predicted octanol–water partition coefficient (Wildman–Crippen LogP) is 5.16. The van der Waals surface area contributed by atoms with Crippen molar-refractivity contribution in [2.75, 3.05) is 0 Å². The molecule has 0 heterocycles. The van der Waals surface area contributed by atoms with E-state index in [4.69, 9.17) is 46.4 Å². The Labute approximate surface area is 114 Å². The Morgan fingerprint density at radius 3 is 1.29 bits per heavy atom. The molecular weight excluding hydrogens is 302 g/mol. The summed E-state index contributed by atoms with van der Waals surface area (Å²) < 4.78 is 0. The van der Waals surface area contributed by atoms with E-state index < -0.39 is 0 Å². The fourth-order valence-electron chi connectivity index (χ4n) is 1.01. The van der Waals surface area contributed by atoms with Crippen molar-refractivity contribution in [2.45, 2.75) is 11.5 Å². The van der Waals surface area contributed by atoms with Crippen molar-refractivity contribution in [3.63, 3.8) is 0 Å². The van der Waals surface area contributed by atoms with Gasteiger partial charge in [-0.1, -0.05) is 46.4 Å². The van der Waals surface area contributed by atoms with Crippen molar-refractivity contribution in [3.8, 4) is 0 Å². The molecule has 0 atom stereocenters. The Kier molecular flexibility index (Phi) is 5.09. The second kappa shape index (κ2) is 5.42. The van der Waals surface area contributed by atoms with Gasteiger partial charge < -0.3 is 0 Å². The lowest BCUT2D eigenvalue weighted by atomic mass is 10.1. The van der Waals surface area contributed by atoms with E-state index >= 15 is 0 Å². The third-order valence-electron chi connectivity index (χ3n) is 1.76. The number of rotatable bonds is 2. The summed E-state index contributed by atoms with van der Waals surface area (Å²) in [7, 11) is 0. The maximum absolute atomic E-state index is 6.07. The molecule has 0 aliphatic rings. The van der Waals surface area contributed by atoms with E-state index in [0.29, 0.717) is 42.7 Å². The molecule has 6 heteroatoms. The van der Waals surface area contributed by atoms with Crippen LogP contribution >= 0.6 is 71.7 Å². The molecule has 0 N–H and O–H groups in total. The molecule has 0 radical (unpaired) electrons. The zero-order chi connectivity index (χ0) is 10.9. The summed E-state index contributed by atoms with van der Waals surface area (Å²) in [6, 6.07) is 0. The molecule has 0 amide bonds. The number of hydrogen-bond donors (Lipinski definition) is 2. The molecule has 1 aromatic carbocycles. The number of halogens is 4. The van der Waals surface area contributed by atoms with Crippen LogP contribution in [0.5, 0.6) is 0 Å². The normalized spacial score (nSPS) is 10.7. The highest BCUT2D eigenvalue weighted by molar-refractivity contribution is 7.79.